The monoisotopic (exact) mass is 667 g/mol. The molecule has 1 aliphatic rings. The van der Waals surface area contributed by atoms with Crippen molar-refractivity contribution in [3.63, 3.8) is 0 Å². The summed E-state index contributed by atoms with van der Waals surface area (Å²) in [7, 11) is -1.27. The maximum atomic E-state index is 14.0. The van der Waals surface area contributed by atoms with Crippen molar-refractivity contribution in [1.82, 2.24) is 25.1 Å². The van der Waals surface area contributed by atoms with Crippen molar-refractivity contribution in [2.75, 3.05) is 13.2 Å². The molecule has 0 aliphatic carbocycles. The van der Waals surface area contributed by atoms with Gasteiger partial charge in [-0.15, -0.1) is 0 Å². The molecule has 4 rings (SSSR count). The number of ether oxygens (including phenoxy) is 2. The number of pyridine rings is 1. The van der Waals surface area contributed by atoms with Crippen LogP contribution in [-0.2, 0) is 34.1 Å². The molecule has 2 aromatic heterocycles. The summed E-state index contributed by atoms with van der Waals surface area (Å²) >= 11 is 6.28. The predicted molar refractivity (Wildman–Crippen MR) is 182 cm³/mol. The van der Waals surface area contributed by atoms with E-state index < -0.39 is 25.8 Å². The van der Waals surface area contributed by atoms with Crippen LogP contribution in [0.1, 0.15) is 55.2 Å². The molecule has 0 saturated carbocycles. The molecule has 1 atom stereocenters. The minimum absolute atomic E-state index is 0.190. The first-order valence-electron chi connectivity index (χ1n) is 15.7. The summed E-state index contributed by atoms with van der Waals surface area (Å²) in [6.45, 7) is 14.0. The molecule has 3 amide bonds. The van der Waals surface area contributed by atoms with E-state index >= 15 is 0 Å². The standard InChI is InChI=1S/C34H46ClN5O5Si/c1-34(2,3)45-33(43)38-20-25-11-12-28(35)17-26(25)21-37-31(41)29-10-8-14-40(29)32(42)30-18-27(24-9-7-13-36-19-24)22-39(30)23-44-15-16-46(4,5)6/h7,9,11-13,17-19,22,29H,8,10,14-16,20-21,23H2,1-6H3,(H,37,41)(H,38,43)/t29-/m0/s1. The van der Waals surface area contributed by atoms with Crippen LogP contribution >= 0.6 is 11.6 Å². The lowest BCUT2D eigenvalue weighted by atomic mass is 10.1. The van der Waals surface area contributed by atoms with Crippen molar-refractivity contribution in [1.29, 1.82) is 0 Å². The van der Waals surface area contributed by atoms with Gasteiger partial charge < -0.3 is 29.6 Å². The summed E-state index contributed by atoms with van der Waals surface area (Å²) in [4.78, 5) is 45.7. The molecule has 1 fully saturated rings. The number of hydrogen-bond acceptors (Lipinski definition) is 6. The highest BCUT2D eigenvalue weighted by Gasteiger charge is 2.36. The normalized spacial score (nSPS) is 15.1. The SMILES string of the molecule is CC(C)(C)OC(=O)NCc1ccc(Cl)cc1CNC(=O)[C@@H]1CCCN1C(=O)c1cc(-c2cccnc2)cn1COCC[Si](C)(C)C. The molecule has 0 bridgehead atoms. The minimum Gasteiger partial charge on any atom is -0.444 e. The molecule has 3 heterocycles. The second-order valence-corrected chi connectivity index (χ2v) is 19.9. The van der Waals surface area contributed by atoms with Crippen LogP contribution in [0, 0.1) is 0 Å². The predicted octanol–water partition coefficient (Wildman–Crippen LogP) is 6.46. The number of amides is 3. The fourth-order valence-corrected chi connectivity index (χ4v) is 6.12. The molecule has 12 heteroatoms. The van der Waals surface area contributed by atoms with E-state index in [0.29, 0.717) is 30.3 Å². The lowest BCUT2D eigenvalue weighted by Crippen LogP contribution is -2.46. The van der Waals surface area contributed by atoms with Crippen LogP contribution < -0.4 is 10.6 Å². The highest BCUT2D eigenvalue weighted by molar-refractivity contribution is 6.76. The van der Waals surface area contributed by atoms with E-state index in [1.165, 1.54) is 0 Å². The van der Waals surface area contributed by atoms with Crippen molar-refractivity contribution in [3.05, 3.63) is 76.8 Å². The molecule has 1 aliphatic heterocycles. The zero-order valence-electron chi connectivity index (χ0n) is 27.7. The topological polar surface area (TPSA) is 115 Å². The van der Waals surface area contributed by atoms with Crippen LogP contribution in [0.25, 0.3) is 11.1 Å². The molecule has 3 aromatic rings. The van der Waals surface area contributed by atoms with Crippen LogP contribution in [0.5, 0.6) is 0 Å². The van der Waals surface area contributed by atoms with Gasteiger partial charge in [0.1, 0.15) is 24.1 Å². The Kier molecular flexibility index (Phi) is 11.7. The number of benzene rings is 1. The molecular formula is C34H46ClN5O5Si. The summed E-state index contributed by atoms with van der Waals surface area (Å²) in [6.07, 6.45) is 6.13. The van der Waals surface area contributed by atoms with Gasteiger partial charge in [-0.3, -0.25) is 14.6 Å². The number of alkyl carbamates (subject to hydrolysis) is 1. The quantitative estimate of drug-likeness (QED) is 0.169. The average Bonchev–Trinajstić information content (AvgIpc) is 3.64. The van der Waals surface area contributed by atoms with E-state index in [9.17, 15) is 14.4 Å². The summed E-state index contributed by atoms with van der Waals surface area (Å²) in [5, 5.41) is 6.27. The minimum atomic E-state index is -1.27. The molecule has 1 saturated heterocycles. The number of hydrogen-bond donors (Lipinski definition) is 2. The van der Waals surface area contributed by atoms with Crippen LogP contribution in [0.2, 0.25) is 30.7 Å². The van der Waals surface area contributed by atoms with Crippen LogP contribution in [0.3, 0.4) is 0 Å². The third-order valence-electron chi connectivity index (χ3n) is 7.60. The fraction of sp³-hybridized carbons (Fsp3) is 0.471. The summed E-state index contributed by atoms with van der Waals surface area (Å²) in [5.74, 6) is -0.458. The van der Waals surface area contributed by atoms with E-state index in [1.54, 1.807) is 50.2 Å². The number of halogens is 1. The molecule has 1 aromatic carbocycles. The van der Waals surface area contributed by atoms with Crippen molar-refractivity contribution < 1.29 is 23.9 Å². The van der Waals surface area contributed by atoms with Gasteiger partial charge in [0.2, 0.25) is 5.91 Å². The molecule has 0 spiro atoms. The van der Waals surface area contributed by atoms with Crippen molar-refractivity contribution in [3.8, 4) is 11.1 Å². The smallest absolute Gasteiger partial charge is 0.407 e. The van der Waals surface area contributed by atoms with Gasteiger partial charge in [-0.1, -0.05) is 43.4 Å². The fourth-order valence-electron chi connectivity index (χ4n) is 5.17. The molecule has 2 N–H and O–H groups in total. The lowest BCUT2D eigenvalue weighted by molar-refractivity contribution is -0.125. The Morgan fingerprint density at radius 2 is 1.80 bits per heavy atom. The van der Waals surface area contributed by atoms with Gasteiger partial charge in [0.05, 0.1) is 0 Å². The van der Waals surface area contributed by atoms with Crippen molar-refractivity contribution >= 4 is 37.6 Å². The third-order valence-corrected chi connectivity index (χ3v) is 9.54. The van der Waals surface area contributed by atoms with Gasteiger partial charge in [0, 0.05) is 69.1 Å². The molecule has 0 unspecified atom stereocenters. The first-order chi connectivity index (χ1) is 21.7. The number of aromatic nitrogens is 2. The van der Waals surface area contributed by atoms with Crippen molar-refractivity contribution in [2.24, 2.45) is 0 Å². The van der Waals surface area contributed by atoms with Gasteiger partial charge in [-0.25, -0.2) is 4.79 Å². The first kappa shape index (κ1) is 35.2. The number of carbonyl (C=O) groups is 3. The Morgan fingerprint density at radius 3 is 2.50 bits per heavy atom. The largest absolute Gasteiger partial charge is 0.444 e. The Hall–Kier alpha value is -3.67. The van der Waals surface area contributed by atoms with E-state index in [2.05, 4.69) is 35.3 Å². The van der Waals surface area contributed by atoms with E-state index in [4.69, 9.17) is 21.1 Å². The van der Waals surface area contributed by atoms with Gasteiger partial charge in [-0.2, -0.15) is 0 Å². The van der Waals surface area contributed by atoms with Crippen LogP contribution in [-0.4, -0.2) is 65.2 Å². The van der Waals surface area contributed by atoms with Gasteiger partial charge >= 0.3 is 6.09 Å². The Bertz CT molecular complexity index is 1520. The van der Waals surface area contributed by atoms with Gasteiger partial charge in [0.15, 0.2) is 0 Å². The summed E-state index contributed by atoms with van der Waals surface area (Å²) in [6, 6.07) is 11.4. The van der Waals surface area contributed by atoms with Gasteiger partial charge in [0.25, 0.3) is 5.91 Å². The van der Waals surface area contributed by atoms with Crippen molar-refractivity contribution in [2.45, 2.75) is 90.8 Å². The van der Waals surface area contributed by atoms with Gasteiger partial charge in [-0.05, 0) is 75.0 Å². The van der Waals surface area contributed by atoms with E-state index in [0.717, 1.165) is 34.7 Å². The Morgan fingerprint density at radius 1 is 1.04 bits per heavy atom. The Balaban J connectivity index is 1.46. The summed E-state index contributed by atoms with van der Waals surface area (Å²) in [5.41, 5.74) is 3.17. The lowest BCUT2D eigenvalue weighted by Gasteiger charge is -2.25. The third kappa shape index (κ3) is 10.2. The highest BCUT2D eigenvalue weighted by atomic mass is 35.5. The second-order valence-electron chi connectivity index (χ2n) is 13.8. The molecule has 0 radical (unpaired) electrons. The van der Waals surface area contributed by atoms with Crippen LogP contribution in [0.4, 0.5) is 4.79 Å². The van der Waals surface area contributed by atoms with Crippen LogP contribution in [0.15, 0.2) is 55.0 Å². The first-order valence-corrected chi connectivity index (χ1v) is 19.8. The number of rotatable bonds is 12. The molecule has 248 valence electrons. The van der Waals surface area contributed by atoms with E-state index in [-0.39, 0.29) is 31.6 Å². The Labute approximate surface area is 277 Å². The maximum absolute atomic E-state index is 14.0. The molecular weight excluding hydrogens is 622 g/mol. The summed E-state index contributed by atoms with van der Waals surface area (Å²) < 4.78 is 13.2. The number of nitrogens with zero attached hydrogens (tertiary/aromatic N) is 3. The maximum Gasteiger partial charge on any atom is 0.407 e. The number of likely N-dealkylation sites (tertiary alicyclic amines) is 1. The number of carbonyl (C=O) groups excluding carboxylic acids is 3. The second kappa shape index (κ2) is 15.3. The average molecular weight is 668 g/mol. The number of nitrogens with one attached hydrogen (secondary N) is 2. The zero-order valence-corrected chi connectivity index (χ0v) is 29.4. The molecule has 46 heavy (non-hydrogen) atoms. The van der Waals surface area contributed by atoms with E-state index in [1.807, 2.05) is 35.0 Å². The molecule has 10 nitrogen and oxygen atoms in total. The zero-order chi connectivity index (χ0) is 33.5. The highest BCUT2D eigenvalue weighted by Crippen LogP contribution is 2.26.